The number of ether oxygens (including phenoxy) is 2. The maximum absolute atomic E-state index is 15.5. The number of halogens is 5. The van der Waals surface area contributed by atoms with E-state index < -0.39 is 84.2 Å². The van der Waals surface area contributed by atoms with Crippen molar-refractivity contribution in [3.8, 4) is 11.3 Å². The molecule has 0 spiro atoms. The number of aliphatic hydroxyl groups is 1. The second-order valence-corrected chi connectivity index (χ2v) is 14.8. The summed E-state index contributed by atoms with van der Waals surface area (Å²) < 4.78 is 68.9. The number of hydrazine groups is 1. The zero-order valence-corrected chi connectivity index (χ0v) is 30.5. The van der Waals surface area contributed by atoms with Crippen LogP contribution < -0.4 is 16.5 Å². The van der Waals surface area contributed by atoms with E-state index in [-0.39, 0.29) is 17.7 Å². The van der Waals surface area contributed by atoms with Crippen LogP contribution in [0.5, 0.6) is 0 Å². The highest BCUT2D eigenvalue weighted by Gasteiger charge is 2.37. The molecule has 3 aromatic rings. The molecule has 274 valence electrons. The van der Waals surface area contributed by atoms with Crippen LogP contribution in [0.15, 0.2) is 48.7 Å². The van der Waals surface area contributed by atoms with E-state index >= 15 is 8.78 Å². The zero-order chi connectivity index (χ0) is 37.6. The average molecular weight is 821 g/mol. The molecule has 50 heavy (non-hydrogen) atoms. The van der Waals surface area contributed by atoms with Crippen LogP contribution >= 0.6 is 22.6 Å². The first-order valence-electron chi connectivity index (χ1n) is 15.4. The number of primary amides is 1. The fourth-order valence-electron chi connectivity index (χ4n) is 4.77. The summed E-state index contributed by atoms with van der Waals surface area (Å²) in [5.41, 5.74) is 5.73. The fraction of sp³-hybridized carbons (Fsp3) is 0.455. The third kappa shape index (κ3) is 12.1. The van der Waals surface area contributed by atoms with Gasteiger partial charge in [0.2, 0.25) is 0 Å². The van der Waals surface area contributed by atoms with Crippen LogP contribution in [-0.4, -0.2) is 68.4 Å². The Morgan fingerprint density at radius 1 is 1.04 bits per heavy atom. The number of carbonyl (C=O) groups excluding carboxylic acids is 3. The Morgan fingerprint density at radius 3 is 2.14 bits per heavy atom. The lowest BCUT2D eigenvalue weighted by Gasteiger charge is -2.34. The van der Waals surface area contributed by atoms with Crippen molar-refractivity contribution < 1.29 is 46.5 Å². The molecule has 0 saturated heterocycles. The molecule has 3 amide bonds. The van der Waals surface area contributed by atoms with Gasteiger partial charge in [-0.15, -0.1) is 0 Å². The molecule has 0 radical (unpaired) electrons. The van der Waals surface area contributed by atoms with Gasteiger partial charge in [-0.25, -0.2) is 28.1 Å². The Labute approximate surface area is 300 Å². The van der Waals surface area contributed by atoms with Gasteiger partial charge in [-0.2, -0.15) is 13.9 Å². The first kappa shape index (κ1) is 40.5. The van der Waals surface area contributed by atoms with Gasteiger partial charge in [-0.05, 0) is 85.7 Å². The van der Waals surface area contributed by atoms with Gasteiger partial charge in [-0.1, -0.05) is 32.9 Å². The van der Waals surface area contributed by atoms with Crippen LogP contribution in [0.2, 0.25) is 0 Å². The van der Waals surface area contributed by atoms with Crippen LogP contribution in [0.25, 0.3) is 11.3 Å². The first-order chi connectivity index (χ1) is 23.1. The molecule has 3 atom stereocenters. The Balaban J connectivity index is 1.99. The molecule has 12 nitrogen and oxygen atoms in total. The predicted octanol–water partition coefficient (Wildman–Crippen LogP) is 5.67. The standard InChI is InChI=1S/C33H41F4IN6O6/c1-32(2,3)27(49-30(39)47)28(46)42-43(16-21-22(34)14-19(15-23(21)35)24-11-12-44(41-24)29(36)37)17-26(45)25(40-31(48)50-33(4,5)6)13-18-7-9-20(38)10-8-18/h7-12,14-15,25-27,29,45H,13,16-17H2,1-6H3,(H2,39,47)(H,40,48)(H,42,46)/t25-,26-,27+/m0/s1. The van der Waals surface area contributed by atoms with Crippen LogP contribution in [0.3, 0.4) is 0 Å². The summed E-state index contributed by atoms with van der Waals surface area (Å²) in [4.78, 5) is 37.9. The molecular formula is C33H41F4IN6O6. The molecule has 0 fully saturated rings. The van der Waals surface area contributed by atoms with Crippen molar-refractivity contribution in [2.45, 2.75) is 84.9 Å². The van der Waals surface area contributed by atoms with Crippen molar-refractivity contribution >= 4 is 40.7 Å². The topological polar surface area (TPSA) is 161 Å². The van der Waals surface area contributed by atoms with E-state index in [1.165, 1.54) is 6.07 Å². The molecule has 5 N–H and O–H groups in total. The molecule has 1 aromatic heterocycles. The minimum Gasteiger partial charge on any atom is -0.444 e. The second kappa shape index (κ2) is 16.8. The van der Waals surface area contributed by atoms with Crippen molar-refractivity contribution in [1.29, 1.82) is 0 Å². The summed E-state index contributed by atoms with van der Waals surface area (Å²) in [6.07, 6.45) is -3.99. The van der Waals surface area contributed by atoms with E-state index in [1.54, 1.807) is 53.7 Å². The van der Waals surface area contributed by atoms with Crippen molar-refractivity contribution in [3.63, 3.8) is 0 Å². The first-order valence-corrected chi connectivity index (χ1v) is 16.5. The van der Waals surface area contributed by atoms with E-state index in [2.05, 4.69) is 38.4 Å². The molecule has 0 aliphatic carbocycles. The fourth-order valence-corrected chi connectivity index (χ4v) is 5.13. The van der Waals surface area contributed by atoms with Gasteiger partial charge < -0.3 is 25.6 Å². The minimum atomic E-state index is -2.96. The van der Waals surface area contributed by atoms with Gasteiger partial charge in [0, 0.05) is 39.4 Å². The van der Waals surface area contributed by atoms with Crippen LogP contribution in [-0.2, 0) is 27.2 Å². The molecule has 0 aliphatic rings. The molecule has 0 bridgehead atoms. The molecule has 17 heteroatoms. The Kier molecular flexibility index (Phi) is 13.6. The van der Waals surface area contributed by atoms with Gasteiger partial charge in [0.05, 0.1) is 17.8 Å². The average Bonchev–Trinajstić information content (AvgIpc) is 3.48. The monoisotopic (exact) mass is 820 g/mol. The number of hydrogen-bond acceptors (Lipinski definition) is 8. The smallest absolute Gasteiger partial charge is 0.407 e. The number of alkyl halides is 2. The number of benzene rings is 2. The molecule has 2 aromatic carbocycles. The van der Waals surface area contributed by atoms with Crippen molar-refractivity contribution in [1.82, 2.24) is 25.5 Å². The van der Waals surface area contributed by atoms with E-state index in [0.29, 0.717) is 4.68 Å². The lowest BCUT2D eigenvalue weighted by atomic mass is 9.88. The molecule has 0 aliphatic heterocycles. The van der Waals surface area contributed by atoms with E-state index in [9.17, 15) is 28.3 Å². The van der Waals surface area contributed by atoms with Gasteiger partial charge >= 0.3 is 18.7 Å². The summed E-state index contributed by atoms with van der Waals surface area (Å²) in [5, 5.41) is 18.8. The van der Waals surface area contributed by atoms with Gasteiger partial charge in [0.25, 0.3) is 5.91 Å². The summed E-state index contributed by atoms with van der Waals surface area (Å²) in [5.74, 6) is -3.14. The Bertz CT molecular complexity index is 1620. The third-order valence-electron chi connectivity index (χ3n) is 7.06. The third-order valence-corrected chi connectivity index (χ3v) is 7.78. The highest BCUT2D eigenvalue weighted by molar-refractivity contribution is 14.1. The summed E-state index contributed by atoms with van der Waals surface area (Å²) in [6.45, 7) is 5.60. The SMILES string of the molecule is CC(C)(C)OC(=O)N[C@@H](Cc1ccc(I)cc1)[C@@H](O)CN(Cc1c(F)cc(-c2ccn(C(F)F)n2)cc1F)NC(=O)[C@@H](OC(N)=O)C(C)(C)C. The Hall–Kier alpha value is -3.97. The van der Waals surface area contributed by atoms with Crippen molar-refractivity contribution in [3.05, 3.63) is 75.0 Å². The van der Waals surface area contributed by atoms with Crippen molar-refractivity contribution in [2.24, 2.45) is 11.1 Å². The number of carbonyl (C=O) groups is 3. The molecule has 3 rings (SSSR count). The number of aliphatic hydroxyl groups excluding tert-OH is 1. The lowest BCUT2D eigenvalue weighted by Crippen LogP contribution is -2.56. The highest BCUT2D eigenvalue weighted by Crippen LogP contribution is 2.27. The van der Waals surface area contributed by atoms with E-state index in [1.807, 2.05) is 12.1 Å². The molecular weight excluding hydrogens is 779 g/mol. The van der Waals surface area contributed by atoms with Gasteiger partial charge in [0.15, 0.2) is 6.10 Å². The predicted molar refractivity (Wildman–Crippen MR) is 183 cm³/mol. The summed E-state index contributed by atoms with van der Waals surface area (Å²) in [7, 11) is 0. The number of alkyl carbamates (subject to hydrolysis) is 1. The molecule has 1 heterocycles. The number of amides is 3. The highest BCUT2D eigenvalue weighted by atomic mass is 127. The van der Waals surface area contributed by atoms with Crippen LogP contribution in [0, 0.1) is 20.6 Å². The maximum Gasteiger partial charge on any atom is 0.407 e. The normalized spacial score (nSPS) is 13.9. The van der Waals surface area contributed by atoms with Crippen LogP contribution in [0.1, 0.15) is 59.2 Å². The minimum absolute atomic E-state index is 0.0944. The summed E-state index contributed by atoms with van der Waals surface area (Å²) >= 11 is 2.13. The zero-order valence-electron chi connectivity index (χ0n) is 28.3. The number of nitrogens with zero attached hydrogens (tertiary/aromatic N) is 3. The van der Waals surface area contributed by atoms with Gasteiger partial charge in [0.1, 0.15) is 17.2 Å². The number of nitrogens with one attached hydrogen (secondary N) is 2. The maximum atomic E-state index is 15.5. The quantitative estimate of drug-likeness (QED) is 0.0976. The van der Waals surface area contributed by atoms with Crippen molar-refractivity contribution in [2.75, 3.05) is 6.54 Å². The largest absolute Gasteiger partial charge is 0.444 e. The van der Waals surface area contributed by atoms with E-state index in [0.717, 1.165) is 32.5 Å². The van der Waals surface area contributed by atoms with E-state index in [4.69, 9.17) is 15.2 Å². The second-order valence-electron chi connectivity index (χ2n) is 13.6. The molecule has 0 saturated carbocycles. The number of nitrogens with two attached hydrogens (primary N) is 1. The molecule has 0 unspecified atom stereocenters. The summed E-state index contributed by atoms with van der Waals surface area (Å²) in [6, 6.07) is 9.17. The number of hydrogen-bond donors (Lipinski definition) is 4. The van der Waals surface area contributed by atoms with Gasteiger partial charge in [-0.3, -0.25) is 10.2 Å². The lowest BCUT2D eigenvalue weighted by molar-refractivity contribution is -0.141. The number of aromatic nitrogens is 2. The number of rotatable bonds is 13. The van der Waals surface area contributed by atoms with Crippen LogP contribution in [0.4, 0.5) is 27.2 Å². The Morgan fingerprint density at radius 2 is 1.64 bits per heavy atom.